The second-order valence-corrected chi connectivity index (χ2v) is 5.12. The SMILES string of the molecule is COc1ccccc1/C=C/C(=O)OCC(=O)NC[C@@H]1CCCO1. The molecule has 1 atom stereocenters. The third kappa shape index (κ3) is 5.75. The van der Waals surface area contributed by atoms with E-state index < -0.39 is 5.97 Å². The van der Waals surface area contributed by atoms with Crippen LogP contribution >= 0.6 is 0 Å². The highest BCUT2D eigenvalue weighted by Gasteiger charge is 2.16. The van der Waals surface area contributed by atoms with Crippen LogP contribution in [0.5, 0.6) is 5.75 Å². The highest BCUT2D eigenvalue weighted by atomic mass is 16.5. The lowest BCUT2D eigenvalue weighted by atomic mass is 10.2. The van der Waals surface area contributed by atoms with Crippen LogP contribution in [0.15, 0.2) is 30.3 Å². The number of amides is 1. The first-order valence-electron chi connectivity index (χ1n) is 7.55. The Hall–Kier alpha value is -2.34. The van der Waals surface area contributed by atoms with Crippen LogP contribution in [0.4, 0.5) is 0 Å². The van der Waals surface area contributed by atoms with Gasteiger partial charge in [0.05, 0.1) is 13.2 Å². The number of carbonyl (C=O) groups excluding carboxylic acids is 2. The Morgan fingerprint density at radius 2 is 2.22 bits per heavy atom. The van der Waals surface area contributed by atoms with Crippen molar-refractivity contribution in [1.29, 1.82) is 0 Å². The van der Waals surface area contributed by atoms with Crippen LogP contribution in [0.3, 0.4) is 0 Å². The molecule has 0 unspecified atom stereocenters. The fourth-order valence-electron chi connectivity index (χ4n) is 2.23. The molecule has 6 nitrogen and oxygen atoms in total. The highest BCUT2D eigenvalue weighted by Crippen LogP contribution is 2.18. The molecule has 0 bridgehead atoms. The quantitative estimate of drug-likeness (QED) is 0.610. The van der Waals surface area contributed by atoms with E-state index in [1.165, 1.54) is 6.08 Å². The number of hydrogen-bond donors (Lipinski definition) is 1. The molecule has 1 aliphatic heterocycles. The summed E-state index contributed by atoms with van der Waals surface area (Å²) < 4.78 is 15.5. The number of ether oxygens (including phenoxy) is 3. The predicted octanol–water partition coefficient (Wildman–Crippen LogP) is 1.55. The van der Waals surface area contributed by atoms with Crippen molar-refractivity contribution in [1.82, 2.24) is 5.32 Å². The van der Waals surface area contributed by atoms with Crippen molar-refractivity contribution in [3.05, 3.63) is 35.9 Å². The summed E-state index contributed by atoms with van der Waals surface area (Å²) in [5.74, 6) is -0.256. The lowest BCUT2D eigenvalue weighted by molar-refractivity contribution is -0.143. The molecule has 0 saturated carbocycles. The van der Waals surface area contributed by atoms with Gasteiger partial charge in [0.2, 0.25) is 0 Å². The maximum Gasteiger partial charge on any atom is 0.331 e. The van der Waals surface area contributed by atoms with Gasteiger partial charge in [-0.3, -0.25) is 4.79 Å². The Morgan fingerprint density at radius 1 is 1.39 bits per heavy atom. The molecule has 1 aromatic carbocycles. The Labute approximate surface area is 135 Å². The minimum Gasteiger partial charge on any atom is -0.496 e. The maximum absolute atomic E-state index is 11.6. The summed E-state index contributed by atoms with van der Waals surface area (Å²) in [5, 5.41) is 2.69. The van der Waals surface area contributed by atoms with Crippen molar-refractivity contribution in [3.8, 4) is 5.75 Å². The molecule has 1 aromatic rings. The van der Waals surface area contributed by atoms with E-state index in [0.717, 1.165) is 25.0 Å². The lowest BCUT2D eigenvalue weighted by Gasteiger charge is -2.10. The number of rotatable bonds is 7. The first kappa shape index (κ1) is 17.0. The summed E-state index contributed by atoms with van der Waals surface area (Å²) in [6, 6.07) is 7.29. The third-order valence-corrected chi connectivity index (χ3v) is 3.43. The topological polar surface area (TPSA) is 73.9 Å². The monoisotopic (exact) mass is 319 g/mol. The van der Waals surface area contributed by atoms with Crippen molar-refractivity contribution >= 4 is 18.0 Å². The molecule has 1 aliphatic rings. The van der Waals surface area contributed by atoms with E-state index in [-0.39, 0.29) is 18.6 Å². The van der Waals surface area contributed by atoms with Gasteiger partial charge in [-0.25, -0.2) is 4.79 Å². The minimum atomic E-state index is -0.580. The van der Waals surface area contributed by atoms with Crippen molar-refractivity contribution in [2.45, 2.75) is 18.9 Å². The van der Waals surface area contributed by atoms with Gasteiger partial charge in [-0.15, -0.1) is 0 Å². The molecule has 1 saturated heterocycles. The van der Waals surface area contributed by atoms with Crippen LogP contribution in [-0.4, -0.2) is 44.8 Å². The average Bonchev–Trinajstić information content (AvgIpc) is 3.10. The molecule has 1 heterocycles. The van der Waals surface area contributed by atoms with Crippen LogP contribution in [-0.2, 0) is 19.1 Å². The molecule has 6 heteroatoms. The van der Waals surface area contributed by atoms with Crippen LogP contribution in [0, 0.1) is 0 Å². The molecular weight excluding hydrogens is 298 g/mol. The first-order chi connectivity index (χ1) is 11.2. The first-order valence-corrected chi connectivity index (χ1v) is 7.55. The van der Waals surface area contributed by atoms with Crippen LogP contribution in [0.2, 0.25) is 0 Å². The number of para-hydroxylation sites is 1. The maximum atomic E-state index is 11.6. The van der Waals surface area contributed by atoms with Crippen LogP contribution in [0.25, 0.3) is 6.08 Å². The van der Waals surface area contributed by atoms with Gasteiger partial charge in [-0.1, -0.05) is 18.2 Å². The normalized spacial score (nSPS) is 17.2. The van der Waals surface area contributed by atoms with Crippen LogP contribution < -0.4 is 10.1 Å². The van der Waals surface area contributed by atoms with E-state index in [1.54, 1.807) is 19.3 Å². The lowest BCUT2D eigenvalue weighted by Crippen LogP contribution is -2.34. The molecule has 2 rings (SSSR count). The number of benzene rings is 1. The van der Waals surface area contributed by atoms with Gasteiger partial charge in [0.15, 0.2) is 6.61 Å². The van der Waals surface area contributed by atoms with E-state index in [2.05, 4.69) is 5.32 Å². The Kier molecular flexibility index (Phi) is 6.62. The number of methoxy groups -OCH3 is 1. The van der Waals surface area contributed by atoms with Gasteiger partial charge in [0.25, 0.3) is 5.91 Å². The molecule has 23 heavy (non-hydrogen) atoms. The van der Waals surface area contributed by atoms with E-state index >= 15 is 0 Å². The summed E-state index contributed by atoms with van der Waals surface area (Å²) in [7, 11) is 1.56. The summed E-state index contributed by atoms with van der Waals surface area (Å²) in [6.45, 7) is 0.887. The van der Waals surface area contributed by atoms with E-state index in [1.807, 2.05) is 18.2 Å². The molecule has 0 aromatic heterocycles. The summed E-state index contributed by atoms with van der Waals surface area (Å²) in [6.07, 6.45) is 4.89. The van der Waals surface area contributed by atoms with Crippen molar-refractivity contribution in [2.24, 2.45) is 0 Å². The fourth-order valence-corrected chi connectivity index (χ4v) is 2.23. The zero-order valence-corrected chi connectivity index (χ0v) is 13.1. The second-order valence-electron chi connectivity index (χ2n) is 5.12. The molecule has 1 N–H and O–H groups in total. The Bertz CT molecular complexity index is 564. The number of esters is 1. The smallest absolute Gasteiger partial charge is 0.331 e. The van der Waals surface area contributed by atoms with E-state index in [4.69, 9.17) is 14.2 Å². The zero-order valence-electron chi connectivity index (χ0n) is 13.1. The number of nitrogens with one attached hydrogen (secondary N) is 1. The zero-order chi connectivity index (χ0) is 16.5. The Morgan fingerprint density at radius 3 is 2.96 bits per heavy atom. The molecule has 0 spiro atoms. The van der Waals surface area contributed by atoms with Gasteiger partial charge in [0.1, 0.15) is 5.75 Å². The summed E-state index contributed by atoms with van der Waals surface area (Å²) in [5.41, 5.74) is 0.759. The summed E-state index contributed by atoms with van der Waals surface area (Å²) in [4.78, 5) is 23.2. The van der Waals surface area contributed by atoms with Gasteiger partial charge in [-0.05, 0) is 25.0 Å². The van der Waals surface area contributed by atoms with Gasteiger partial charge < -0.3 is 19.5 Å². The van der Waals surface area contributed by atoms with Crippen molar-refractivity contribution in [2.75, 3.05) is 26.9 Å². The minimum absolute atomic E-state index is 0.0695. The van der Waals surface area contributed by atoms with Crippen LogP contribution in [0.1, 0.15) is 18.4 Å². The molecule has 1 amide bonds. The fraction of sp³-hybridized carbons (Fsp3) is 0.412. The molecule has 0 radical (unpaired) electrons. The van der Waals surface area contributed by atoms with Crippen molar-refractivity contribution in [3.63, 3.8) is 0 Å². The molecular formula is C17H21NO5. The highest BCUT2D eigenvalue weighted by molar-refractivity contribution is 5.89. The molecule has 0 aliphatic carbocycles. The van der Waals surface area contributed by atoms with Gasteiger partial charge in [0, 0.05) is 24.8 Å². The number of hydrogen-bond acceptors (Lipinski definition) is 5. The standard InChI is InChI=1S/C17H21NO5/c1-21-15-7-3-2-5-13(15)8-9-17(20)23-12-16(19)18-11-14-6-4-10-22-14/h2-3,5,7-9,14H,4,6,10-12H2,1H3,(H,18,19)/b9-8+/t14-/m0/s1. The van der Waals surface area contributed by atoms with Gasteiger partial charge >= 0.3 is 5.97 Å². The predicted molar refractivity (Wildman–Crippen MR) is 85.0 cm³/mol. The van der Waals surface area contributed by atoms with Crippen molar-refractivity contribution < 1.29 is 23.8 Å². The average molecular weight is 319 g/mol. The van der Waals surface area contributed by atoms with Gasteiger partial charge in [-0.2, -0.15) is 0 Å². The Balaban J connectivity index is 1.71. The largest absolute Gasteiger partial charge is 0.496 e. The van der Waals surface area contributed by atoms with E-state index in [0.29, 0.717) is 12.3 Å². The summed E-state index contributed by atoms with van der Waals surface area (Å²) >= 11 is 0. The molecule has 1 fully saturated rings. The third-order valence-electron chi connectivity index (χ3n) is 3.43. The number of carbonyl (C=O) groups is 2. The second kappa shape index (κ2) is 8.95. The molecule has 124 valence electrons. The van der Waals surface area contributed by atoms with E-state index in [9.17, 15) is 9.59 Å².